The van der Waals surface area contributed by atoms with Gasteiger partial charge in [0.2, 0.25) is 0 Å². The zero-order valence-electron chi connectivity index (χ0n) is 15.0. The van der Waals surface area contributed by atoms with Gasteiger partial charge in [0.25, 0.3) is 0 Å². The molecular formula is C19H22N2O4. The van der Waals surface area contributed by atoms with Gasteiger partial charge in [-0.05, 0) is 30.3 Å². The number of carbonyl (C=O) groups excluding carboxylic acids is 1. The lowest BCUT2D eigenvalue weighted by Crippen LogP contribution is -2.15. The molecule has 0 aliphatic heterocycles. The second kappa shape index (κ2) is 7.25. The molecule has 132 valence electrons. The fourth-order valence-corrected chi connectivity index (χ4v) is 2.48. The van der Waals surface area contributed by atoms with E-state index in [2.05, 4.69) is 0 Å². The molecule has 1 N–H and O–H groups in total. The van der Waals surface area contributed by atoms with Crippen LogP contribution in [0.1, 0.15) is 26.3 Å². The molecule has 6 heteroatoms. The number of hydrogen-bond donors (Lipinski definition) is 1. The summed E-state index contributed by atoms with van der Waals surface area (Å²) in [6, 6.07) is 9.96. The molecule has 2 aromatic carbocycles. The van der Waals surface area contributed by atoms with Crippen molar-refractivity contribution in [1.82, 2.24) is 0 Å². The van der Waals surface area contributed by atoms with Gasteiger partial charge in [0.15, 0.2) is 5.78 Å². The zero-order chi connectivity index (χ0) is 18.7. The smallest absolute Gasteiger partial charge is 0.336 e. The average Bonchev–Trinajstić information content (AvgIpc) is 2.59. The van der Waals surface area contributed by atoms with Crippen LogP contribution in [0.4, 0.5) is 11.4 Å². The first-order valence-corrected chi connectivity index (χ1v) is 7.71. The molecule has 0 aromatic heterocycles. The van der Waals surface area contributed by atoms with Crippen LogP contribution in [-0.2, 0) is 0 Å². The van der Waals surface area contributed by atoms with Gasteiger partial charge in [-0.25, -0.2) is 4.79 Å². The Morgan fingerprint density at radius 1 is 0.840 bits per heavy atom. The first kappa shape index (κ1) is 18.3. The van der Waals surface area contributed by atoms with Crippen LogP contribution in [0.15, 0.2) is 36.4 Å². The summed E-state index contributed by atoms with van der Waals surface area (Å²) in [4.78, 5) is 28.2. The molecule has 0 amide bonds. The highest BCUT2D eigenvalue weighted by molar-refractivity contribution is 6.16. The Bertz CT molecular complexity index is 813. The van der Waals surface area contributed by atoms with Crippen LogP contribution in [0.5, 0.6) is 5.75 Å². The maximum atomic E-state index is 12.9. The molecule has 2 aromatic rings. The monoisotopic (exact) mass is 342 g/mol. The number of methoxy groups -OCH3 is 1. The Morgan fingerprint density at radius 3 is 1.84 bits per heavy atom. The first-order valence-electron chi connectivity index (χ1n) is 7.71. The molecule has 0 saturated heterocycles. The molecular weight excluding hydrogens is 320 g/mol. The van der Waals surface area contributed by atoms with Gasteiger partial charge < -0.3 is 19.6 Å². The van der Waals surface area contributed by atoms with Crippen molar-refractivity contribution in [2.75, 3.05) is 45.1 Å². The Hall–Kier alpha value is -3.02. The summed E-state index contributed by atoms with van der Waals surface area (Å²) < 4.78 is 5.34. The lowest BCUT2D eigenvalue weighted by molar-refractivity contribution is 0.0692. The predicted molar refractivity (Wildman–Crippen MR) is 98.5 cm³/mol. The highest BCUT2D eigenvalue weighted by Crippen LogP contribution is 2.29. The maximum absolute atomic E-state index is 12.9. The van der Waals surface area contributed by atoms with Crippen LogP contribution in [0.25, 0.3) is 0 Å². The number of rotatable bonds is 6. The van der Waals surface area contributed by atoms with Gasteiger partial charge in [0.1, 0.15) is 5.75 Å². The van der Waals surface area contributed by atoms with Crippen LogP contribution in [0.2, 0.25) is 0 Å². The summed E-state index contributed by atoms with van der Waals surface area (Å²) >= 11 is 0. The highest BCUT2D eigenvalue weighted by atomic mass is 16.5. The second-order valence-electron chi connectivity index (χ2n) is 6.04. The topological polar surface area (TPSA) is 70.1 Å². The number of ketones is 1. The van der Waals surface area contributed by atoms with E-state index in [0.717, 1.165) is 5.69 Å². The molecule has 0 fully saturated rings. The lowest BCUT2D eigenvalue weighted by Gasteiger charge is -2.17. The van der Waals surface area contributed by atoms with Gasteiger partial charge in [-0.15, -0.1) is 0 Å². The number of hydrogen-bond acceptors (Lipinski definition) is 5. The van der Waals surface area contributed by atoms with Gasteiger partial charge in [-0.1, -0.05) is 0 Å². The maximum Gasteiger partial charge on any atom is 0.336 e. The molecule has 0 saturated carbocycles. The Balaban J connectivity index is 2.56. The summed E-state index contributed by atoms with van der Waals surface area (Å²) in [5.41, 5.74) is 2.02. The molecule has 0 atom stereocenters. The van der Waals surface area contributed by atoms with E-state index < -0.39 is 5.97 Å². The van der Waals surface area contributed by atoms with Gasteiger partial charge in [-0.2, -0.15) is 0 Å². The Kier molecular flexibility index (Phi) is 5.32. The minimum absolute atomic E-state index is 0.0325. The van der Waals surface area contributed by atoms with Crippen LogP contribution in [0, 0.1) is 0 Å². The molecule has 0 radical (unpaired) electrons. The van der Waals surface area contributed by atoms with E-state index in [1.54, 1.807) is 35.2 Å². The van der Waals surface area contributed by atoms with Crippen molar-refractivity contribution in [3.63, 3.8) is 0 Å². The molecule has 6 nitrogen and oxygen atoms in total. The molecule has 0 aliphatic rings. The number of carboxylic acids is 1. The first-order chi connectivity index (χ1) is 11.8. The van der Waals surface area contributed by atoms with E-state index in [0.29, 0.717) is 17.0 Å². The number of carboxylic acid groups (broad SMARTS) is 1. The van der Waals surface area contributed by atoms with Crippen molar-refractivity contribution >= 4 is 23.1 Å². The van der Waals surface area contributed by atoms with Crippen LogP contribution in [0.3, 0.4) is 0 Å². The fraction of sp³-hybridized carbons (Fsp3) is 0.263. The molecule has 2 rings (SSSR count). The largest absolute Gasteiger partial charge is 0.496 e. The summed E-state index contributed by atoms with van der Waals surface area (Å²) in [6.07, 6.45) is 0. The summed E-state index contributed by atoms with van der Waals surface area (Å²) in [5, 5.41) is 9.50. The lowest BCUT2D eigenvalue weighted by atomic mass is 9.96. The van der Waals surface area contributed by atoms with E-state index in [9.17, 15) is 14.7 Å². The van der Waals surface area contributed by atoms with E-state index >= 15 is 0 Å². The standard InChI is InChI=1S/C19H22N2O4/c1-20(2)12-6-8-14(16(10-12)19(23)24)18(22)15-9-7-13(21(3)4)11-17(15)25-5/h6-11H,1-5H3,(H,23,24). The molecule has 0 spiro atoms. The Labute approximate surface area is 147 Å². The number of aromatic carboxylic acids is 1. The van der Waals surface area contributed by atoms with Crippen LogP contribution >= 0.6 is 0 Å². The fourth-order valence-electron chi connectivity index (χ4n) is 2.48. The van der Waals surface area contributed by atoms with Gasteiger partial charge in [-0.3, -0.25) is 4.79 Å². The molecule has 25 heavy (non-hydrogen) atoms. The number of carbonyl (C=O) groups is 2. The minimum Gasteiger partial charge on any atom is -0.496 e. The van der Waals surface area contributed by atoms with Crippen molar-refractivity contribution in [2.45, 2.75) is 0 Å². The van der Waals surface area contributed by atoms with Crippen LogP contribution < -0.4 is 14.5 Å². The third kappa shape index (κ3) is 3.74. The SMILES string of the molecule is COc1cc(N(C)C)ccc1C(=O)c1ccc(N(C)C)cc1C(=O)O. The van der Waals surface area contributed by atoms with Crippen molar-refractivity contribution in [3.05, 3.63) is 53.1 Å². The Morgan fingerprint density at radius 2 is 1.36 bits per heavy atom. The third-order valence-corrected chi connectivity index (χ3v) is 3.94. The third-order valence-electron chi connectivity index (χ3n) is 3.94. The number of ether oxygens (including phenoxy) is 1. The number of nitrogens with zero attached hydrogens (tertiary/aromatic N) is 2. The minimum atomic E-state index is -1.14. The second-order valence-corrected chi connectivity index (χ2v) is 6.04. The van der Waals surface area contributed by atoms with Crippen LogP contribution in [-0.4, -0.2) is 52.2 Å². The summed E-state index contributed by atoms with van der Waals surface area (Å²) in [7, 11) is 8.88. The number of benzene rings is 2. The molecule has 0 heterocycles. The predicted octanol–water partition coefficient (Wildman–Crippen LogP) is 2.76. The molecule has 0 bridgehead atoms. The average molecular weight is 342 g/mol. The normalized spacial score (nSPS) is 10.3. The molecule has 0 unspecified atom stereocenters. The van der Waals surface area contributed by atoms with E-state index in [1.807, 2.05) is 33.1 Å². The van der Waals surface area contributed by atoms with Crippen molar-refractivity contribution in [3.8, 4) is 5.75 Å². The number of anilines is 2. The van der Waals surface area contributed by atoms with Crippen molar-refractivity contribution in [1.29, 1.82) is 0 Å². The van der Waals surface area contributed by atoms with Crippen molar-refractivity contribution in [2.24, 2.45) is 0 Å². The van der Waals surface area contributed by atoms with Crippen molar-refractivity contribution < 1.29 is 19.4 Å². The molecule has 0 aliphatic carbocycles. The summed E-state index contributed by atoms with van der Waals surface area (Å²) in [6.45, 7) is 0. The zero-order valence-corrected chi connectivity index (χ0v) is 15.0. The quantitative estimate of drug-likeness (QED) is 0.814. The van der Waals surface area contributed by atoms with E-state index in [-0.39, 0.29) is 16.9 Å². The summed E-state index contributed by atoms with van der Waals surface area (Å²) in [5.74, 6) is -1.12. The van der Waals surface area contributed by atoms with E-state index in [1.165, 1.54) is 13.2 Å². The highest BCUT2D eigenvalue weighted by Gasteiger charge is 2.22. The van der Waals surface area contributed by atoms with Gasteiger partial charge >= 0.3 is 5.97 Å². The van der Waals surface area contributed by atoms with Gasteiger partial charge in [0, 0.05) is 51.2 Å². The van der Waals surface area contributed by atoms with E-state index in [4.69, 9.17) is 4.74 Å². The van der Waals surface area contributed by atoms with Gasteiger partial charge in [0.05, 0.1) is 18.2 Å².